The van der Waals surface area contributed by atoms with Crippen molar-refractivity contribution in [1.29, 1.82) is 0 Å². The average molecular weight is 314 g/mol. The molecular weight excluding hydrogens is 292 g/mol. The fourth-order valence-electron chi connectivity index (χ4n) is 2.23. The van der Waals surface area contributed by atoms with Gasteiger partial charge in [-0.1, -0.05) is 25.1 Å². The number of nitrogen functional groups attached to an aromatic ring is 1. The summed E-state index contributed by atoms with van der Waals surface area (Å²) in [6.45, 7) is 6.03. The molecule has 116 valence electrons. The highest BCUT2D eigenvalue weighted by Gasteiger charge is 2.16. The fraction of sp³-hybridized carbons (Fsp3) is 0.278. The highest BCUT2D eigenvalue weighted by molar-refractivity contribution is 8.00. The Labute approximate surface area is 136 Å². The monoisotopic (exact) mass is 314 g/mol. The molecule has 0 fully saturated rings. The van der Waals surface area contributed by atoms with Gasteiger partial charge in [-0.15, -0.1) is 11.8 Å². The number of anilines is 2. The molecule has 3 N–H and O–H groups in total. The van der Waals surface area contributed by atoms with Crippen molar-refractivity contribution in [2.45, 2.75) is 37.3 Å². The van der Waals surface area contributed by atoms with Crippen molar-refractivity contribution in [3.05, 3.63) is 53.6 Å². The van der Waals surface area contributed by atoms with Crippen LogP contribution in [-0.2, 0) is 11.2 Å². The zero-order chi connectivity index (χ0) is 16.1. The second kappa shape index (κ2) is 7.36. The van der Waals surface area contributed by atoms with E-state index >= 15 is 0 Å². The van der Waals surface area contributed by atoms with E-state index in [9.17, 15) is 4.79 Å². The Kier molecular flexibility index (Phi) is 5.50. The zero-order valence-corrected chi connectivity index (χ0v) is 14.0. The molecule has 0 aromatic heterocycles. The van der Waals surface area contributed by atoms with Gasteiger partial charge in [-0.2, -0.15) is 0 Å². The lowest BCUT2D eigenvalue weighted by atomic mass is 10.1. The molecule has 0 aliphatic carbocycles. The molecule has 2 rings (SSSR count). The van der Waals surface area contributed by atoms with E-state index in [1.807, 2.05) is 50.2 Å². The van der Waals surface area contributed by atoms with E-state index in [1.165, 1.54) is 11.8 Å². The van der Waals surface area contributed by atoms with E-state index in [0.29, 0.717) is 0 Å². The molecule has 0 saturated carbocycles. The van der Waals surface area contributed by atoms with Crippen LogP contribution >= 0.6 is 11.8 Å². The van der Waals surface area contributed by atoms with Crippen LogP contribution in [0.1, 0.15) is 25.0 Å². The highest BCUT2D eigenvalue weighted by atomic mass is 32.2. The topological polar surface area (TPSA) is 55.1 Å². The number of hydrogen-bond acceptors (Lipinski definition) is 3. The molecule has 2 aromatic rings. The molecule has 3 nitrogen and oxygen atoms in total. The van der Waals surface area contributed by atoms with Crippen molar-refractivity contribution < 1.29 is 4.79 Å². The van der Waals surface area contributed by atoms with Crippen molar-refractivity contribution in [2.75, 3.05) is 11.1 Å². The summed E-state index contributed by atoms with van der Waals surface area (Å²) in [5, 5.41) is 2.90. The Bertz CT molecular complexity index is 653. The molecule has 4 heteroatoms. The molecular formula is C18H22N2OS. The lowest BCUT2D eigenvalue weighted by Crippen LogP contribution is -2.23. The van der Waals surface area contributed by atoms with Gasteiger partial charge in [0.15, 0.2) is 0 Å². The van der Waals surface area contributed by atoms with E-state index in [2.05, 4.69) is 18.3 Å². The van der Waals surface area contributed by atoms with Gasteiger partial charge in [-0.3, -0.25) is 4.79 Å². The van der Waals surface area contributed by atoms with Gasteiger partial charge < -0.3 is 11.1 Å². The van der Waals surface area contributed by atoms with Crippen LogP contribution in [-0.4, -0.2) is 11.2 Å². The van der Waals surface area contributed by atoms with Crippen LogP contribution < -0.4 is 11.1 Å². The minimum absolute atomic E-state index is 0.0193. The van der Waals surface area contributed by atoms with Crippen LogP contribution in [0.15, 0.2) is 47.4 Å². The quantitative estimate of drug-likeness (QED) is 0.640. The van der Waals surface area contributed by atoms with Gasteiger partial charge in [0, 0.05) is 16.3 Å². The summed E-state index contributed by atoms with van der Waals surface area (Å²) in [6.07, 6.45) is 0.900. The Morgan fingerprint density at radius 2 is 1.91 bits per heavy atom. The molecule has 22 heavy (non-hydrogen) atoms. The maximum Gasteiger partial charge on any atom is 0.237 e. The molecule has 0 bridgehead atoms. The first-order valence-corrected chi connectivity index (χ1v) is 8.30. The van der Waals surface area contributed by atoms with E-state index in [4.69, 9.17) is 5.73 Å². The van der Waals surface area contributed by atoms with Crippen molar-refractivity contribution >= 4 is 29.0 Å². The van der Waals surface area contributed by atoms with E-state index in [1.54, 1.807) is 0 Å². The molecule has 0 saturated heterocycles. The predicted molar refractivity (Wildman–Crippen MR) is 95.4 cm³/mol. The van der Waals surface area contributed by atoms with Gasteiger partial charge in [0.1, 0.15) is 0 Å². The fourth-order valence-corrected chi connectivity index (χ4v) is 3.10. The predicted octanol–water partition coefficient (Wildman–Crippen LogP) is 4.26. The lowest BCUT2D eigenvalue weighted by molar-refractivity contribution is -0.115. The highest BCUT2D eigenvalue weighted by Crippen LogP contribution is 2.27. The number of nitrogens with one attached hydrogen (secondary N) is 1. The molecule has 0 radical (unpaired) electrons. The van der Waals surface area contributed by atoms with Crippen LogP contribution in [0.4, 0.5) is 11.4 Å². The third kappa shape index (κ3) is 4.04. The Morgan fingerprint density at radius 3 is 2.55 bits per heavy atom. The number of amides is 1. The minimum Gasteiger partial charge on any atom is -0.399 e. The second-order valence-corrected chi connectivity index (χ2v) is 6.70. The SMILES string of the molecule is CCc1cccc(C)c1NC(=O)C(C)Sc1ccc(N)cc1. The first kappa shape index (κ1) is 16.4. The molecule has 1 atom stereocenters. The number of hydrogen-bond donors (Lipinski definition) is 2. The summed E-state index contributed by atoms with van der Waals surface area (Å²) >= 11 is 1.53. The zero-order valence-electron chi connectivity index (χ0n) is 13.2. The Balaban J connectivity index is 2.07. The Hall–Kier alpha value is -1.94. The number of carbonyl (C=O) groups is 1. The first-order valence-electron chi connectivity index (χ1n) is 7.42. The van der Waals surface area contributed by atoms with Crippen LogP contribution in [0.3, 0.4) is 0 Å². The lowest BCUT2D eigenvalue weighted by Gasteiger charge is -2.16. The van der Waals surface area contributed by atoms with Crippen LogP contribution in [0.5, 0.6) is 0 Å². The largest absolute Gasteiger partial charge is 0.399 e. The van der Waals surface area contributed by atoms with Gasteiger partial charge in [0.25, 0.3) is 0 Å². The van der Waals surface area contributed by atoms with Crippen molar-refractivity contribution in [3.63, 3.8) is 0 Å². The molecule has 0 spiro atoms. The molecule has 0 aliphatic heterocycles. The van der Waals surface area contributed by atoms with Crippen molar-refractivity contribution in [2.24, 2.45) is 0 Å². The molecule has 1 amide bonds. The van der Waals surface area contributed by atoms with Crippen LogP contribution in [0.2, 0.25) is 0 Å². The van der Waals surface area contributed by atoms with E-state index in [-0.39, 0.29) is 11.2 Å². The number of carbonyl (C=O) groups excluding carboxylic acids is 1. The summed E-state index contributed by atoms with van der Waals surface area (Å²) in [7, 11) is 0. The first-order chi connectivity index (χ1) is 10.5. The minimum atomic E-state index is -0.173. The van der Waals surface area contributed by atoms with Crippen molar-refractivity contribution in [3.8, 4) is 0 Å². The molecule has 2 aromatic carbocycles. The number of benzene rings is 2. The average Bonchev–Trinajstić information content (AvgIpc) is 2.51. The maximum absolute atomic E-state index is 12.4. The number of para-hydroxylation sites is 1. The van der Waals surface area contributed by atoms with Gasteiger partial charge in [0.2, 0.25) is 5.91 Å². The van der Waals surface area contributed by atoms with E-state index < -0.39 is 0 Å². The summed E-state index contributed by atoms with van der Waals surface area (Å²) in [5.41, 5.74) is 9.61. The summed E-state index contributed by atoms with van der Waals surface area (Å²) in [4.78, 5) is 13.5. The van der Waals surface area contributed by atoms with Gasteiger partial charge >= 0.3 is 0 Å². The summed E-state index contributed by atoms with van der Waals surface area (Å²) < 4.78 is 0. The van der Waals surface area contributed by atoms with Crippen LogP contribution in [0.25, 0.3) is 0 Å². The maximum atomic E-state index is 12.4. The third-order valence-corrected chi connectivity index (χ3v) is 4.66. The third-order valence-electron chi connectivity index (χ3n) is 3.55. The van der Waals surface area contributed by atoms with Crippen LogP contribution in [0, 0.1) is 6.92 Å². The number of rotatable bonds is 5. The van der Waals surface area contributed by atoms with Crippen molar-refractivity contribution in [1.82, 2.24) is 0 Å². The summed E-state index contributed by atoms with van der Waals surface area (Å²) in [5.74, 6) is 0.0193. The number of nitrogens with two attached hydrogens (primary N) is 1. The van der Waals surface area contributed by atoms with E-state index in [0.717, 1.165) is 33.8 Å². The normalized spacial score (nSPS) is 12.0. The molecule has 0 aliphatic rings. The second-order valence-electron chi connectivity index (χ2n) is 5.28. The summed E-state index contributed by atoms with van der Waals surface area (Å²) in [6, 6.07) is 13.7. The van der Waals surface area contributed by atoms with Gasteiger partial charge in [0.05, 0.1) is 5.25 Å². The Morgan fingerprint density at radius 1 is 1.23 bits per heavy atom. The standard InChI is InChI=1S/C18H22N2OS/c1-4-14-7-5-6-12(2)17(14)20-18(21)13(3)22-16-10-8-15(19)9-11-16/h5-11,13H,4,19H2,1-3H3,(H,20,21). The number of thioether (sulfide) groups is 1. The van der Waals surface area contributed by atoms with Gasteiger partial charge in [-0.25, -0.2) is 0 Å². The molecule has 0 heterocycles. The molecule has 1 unspecified atom stereocenters. The van der Waals surface area contributed by atoms with Gasteiger partial charge in [-0.05, 0) is 55.7 Å². The number of aryl methyl sites for hydroxylation is 2. The smallest absolute Gasteiger partial charge is 0.237 e.